The molecule has 1 aliphatic carbocycles. The second kappa shape index (κ2) is 16.4. The highest BCUT2D eigenvalue weighted by Gasteiger charge is 2.62. The van der Waals surface area contributed by atoms with Crippen molar-refractivity contribution in [1.82, 2.24) is 0 Å². The maximum atomic E-state index is 14.5. The van der Waals surface area contributed by atoms with Crippen LogP contribution in [0.1, 0.15) is 222 Å². The molecule has 0 amide bonds. The molecule has 7 rings (SSSR count). The SMILES string of the molecule is CCCCCCCCCCCCc1cc2c(cc1CCCCCCCCCCCC)C(=O)[C@H]1[C@@H](C2=O)[C@H]2O[C@@H]1c1cc3c(cc12)C1(C)C=CC3(C)O1. The van der Waals surface area contributed by atoms with E-state index in [0.717, 1.165) is 36.8 Å². The van der Waals surface area contributed by atoms with Gasteiger partial charge < -0.3 is 9.47 Å². The maximum absolute atomic E-state index is 14.5. The molecule has 0 radical (unpaired) electrons. The second-order valence-corrected chi connectivity index (χ2v) is 17.5. The summed E-state index contributed by atoms with van der Waals surface area (Å²) < 4.78 is 13.1. The summed E-state index contributed by atoms with van der Waals surface area (Å²) >= 11 is 0. The lowest BCUT2D eigenvalue weighted by Crippen LogP contribution is -2.40. The lowest BCUT2D eigenvalue weighted by Gasteiger charge is -2.34. The Morgan fingerprint density at radius 2 is 0.846 bits per heavy atom. The van der Waals surface area contributed by atoms with Gasteiger partial charge in [0.15, 0.2) is 11.6 Å². The van der Waals surface area contributed by atoms with E-state index in [9.17, 15) is 9.59 Å². The largest absolute Gasteiger partial charge is 0.364 e. The van der Waals surface area contributed by atoms with Crippen molar-refractivity contribution in [3.05, 3.63) is 80.9 Å². The van der Waals surface area contributed by atoms with Gasteiger partial charge in [0.1, 0.15) is 11.2 Å². The van der Waals surface area contributed by atoms with Crippen molar-refractivity contribution in [3.8, 4) is 0 Å². The number of rotatable bonds is 22. The molecule has 6 atom stereocenters. The molecule has 2 aromatic rings. The first-order valence-electron chi connectivity index (χ1n) is 21.8. The molecular weight excluding hydrogens is 641 g/mol. The van der Waals surface area contributed by atoms with Crippen molar-refractivity contribution in [2.24, 2.45) is 11.8 Å². The Balaban J connectivity index is 1.04. The summed E-state index contributed by atoms with van der Waals surface area (Å²) in [6, 6.07) is 8.78. The molecule has 4 bridgehead atoms. The van der Waals surface area contributed by atoms with Gasteiger partial charge in [0.05, 0.1) is 24.0 Å². The number of fused-ring (bicyclic) bond motifs is 14. The number of Topliss-reactive ketones (excluding diaryl/α,β-unsaturated/α-hetero) is 2. The molecule has 5 aliphatic rings. The fraction of sp³-hybridized carbons (Fsp3) is 0.667. The van der Waals surface area contributed by atoms with Gasteiger partial charge in [-0.15, -0.1) is 0 Å². The van der Waals surface area contributed by atoms with Crippen molar-refractivity contribution < 1.29 is 19.1 Å². The molecule has 4 heterocycles. The molecule has 4 aliphatic heterocycles. The fourth-order valence-corrected chi connectivity index (χ4v) is 10.4. The Labute approximate surface area is 314 Å². The van der Waals surface area contributed by atoms with E-state index >= 15 is 0 Å². The monoisotopic (exact) mass is 706 g/mol. The van der Waals surface area contributed by atoms with E-state index in [1.54, 1.807) is 0 Å². The third-order valence-corrected chi connectivity index (χ3v) is 13.5. The summed E-state index contributed by atoms with van der Waals surface area (Å²) in [5, 5.41) is 0. The summed E-state index contributed by atoms with van der Waals surface area (Å²) in [5.41, 5.74) is 7.55. The molecule has 52 heavy (non-hydrogen) atoms. The first kappa shape index (κ1) is 37.7. The van der Waals surface area contributed by atoms with Gasteiger partial charge in [-0.25, -0.2) is 0 Å². The Bertz CT molecular complexity index is 1520. The van der Waals surface area contributed by atoms with E-state index in [1.165, 1.54) is 138 Å². The summed E-state index contributed by atoms with van der Waals surface area (Å²) in [5.74, 6) is -0.646. The molecule has 4 nitrogen and oxygen atoms in total. The molecule has 1 saturated heterocycles. The minimum absolute atomic E-state index is 0.115. The highest BCUT2D eigenvalue weighted by molar-refractivity contribution is 6.17. The van der Waals surface area contributed by atoms with Crippen LogP contribution in [0.4, 0.5) is 0 Å². The van der Waals surface area contributed by atoms with E-state index in [2.05, 4.69) is 64.1 Å². The zero-order chi connectivity index (χ0) is 36.3. The average molecular weight is 707 g/mol. The number of aryl methyl sites for hydroxylation is 2. The van der Waals surface area contributed by atoms with Crippen molar-refractivity contribution in [1.29, 1.82) is 0 Å². The van der Waals surface area contributed by atoms with Gasteiger partial charge in [-0.2, -0.15) is 0 Å². The van der Waals surface area contributed by atoms with Crippen LogP contribution in [0.25, 0.3) is 0 Å². The van der Waals surface area contributed by atoms with Crippen molar-refractivity contribution in [2.75, 3.05) is 0 Å². The molecular formula is C48H66O4. The van der Waals surface area contributed by atoms with Crippen LogP contribution in [-0.4, -0.2) is 11.6 Å². The normalized spacial score (nSPS) is 27.4. The van der Waals surface area contributed by atoms with Crippen LogP contribution in [0.3, 0.4) is 0 Å². The fourth-order valence-electron chi connectivity index (χ4n) is 10.4. The van der Waals surface area contributed by atoms with Gasteiger partial charge >= 0.3 is 0 Å². The second-order valence-electron chi connectivity index (χ2n) is 17.5. The highest BCUT2D eigenvalue weighted by atomic mass is 16.5. The zero-order valence-electron chi connectivity index (χ0n) is 33.0. The molecule has 1 fully saturated rings. The van der Waals surface area contributed by atoms with Crippen LogP contribution >= 0.6 is 0 Å². The number of carbonyl (C=O) groups excluding carboxylic acids is 2. The number of hydrogen-bond donors (Lipinski definition) is 0. The van der Waals surface area contributed by atoms with E-state index in [1.807, 2.05) is 0 Å². The minimum atomic E-state index is -0.451. The van der Waals surface area contributed by atoms with Crippen LogP contribution < -0.4 is 0 Å². The number of carbonyl (C=O) groups is 2. The summed E-state index contributed by atoms with van der Waals surface area (Å²) in [6.45, 7) is 8.81. The molecule has 2 unspecified atom stereocenters. The Hall–Kier alpha value is -2.56. The molecule has 282 valence electrons. The number of ether oxygens (including phenoxy) is 2. The smallest absolute Gasteiger partial charge is 0.170 e. The number of hydrogen-bond acceptors (Lipinski definition) is 4. The number of benzene rings is 2. The van der Waals surface area contributed by atoms with Crippen LogP contribution in [0.2, 0.25) is 0 Å². The van der Waals surface area contributed by atoms with Crippen molar-refractivity contribution in [3.63, 3.8) is 0 Å². The summed E-state index contributed by atoms with van der Waals surface area (Å²) in [7, 11) is 0. The van der Waals surface area contributed by atoms with Crippen LogP contribution in [0.15, 0.2) is 36.4 Å². The Morgan fingerprint density at radius 1 is 0.500 bits per heavy atom. The topological polar surface area (TPSA) is 52.6 Å². The molecule has 4 heteroatoms. The third-order valence-electron chi connectivity index (χ3n) is 13.5. The van der Waals surface area contributed by atoms with Crippen LogP contribution in [-0.2, 0) is 33.5 Å². The molecule has 0 spiro atoms. The van der Waals surface area contributed by atoms with Gasteiger partial charge in [-0.1, -0.05) is 129 Å². The predicted octanol–water partition coefficient (Wildman–Crippen LogP) is 13.1. The van der Waals surface area contributed by atoms with Gasteiger partial charge in [0, 0.05) is 11.1 Å². The Morgan fingerprint density at radius 3 is 1.21 bits per heavy atom. The average Bonchev–Trinajstić information content (AvgIpc) is 3.86. The number of unbranched alkanes of at least 4 members (excludes halogenated alkanes) is 18. The van der Waals surface area contributed by atoms with Crippen LogP contribution in [0.5, 0.6) is 0 Å². The van der Waals surface area contributed by atoms with E-state index in [-0.39, 0.29) is 23.8 Å². The molecule has 0 saturated carbocycles. The third kappa shape index (κ3) is 7.29. The van der Waals surface area contributed by atoms with Gasteiger partial charge in [0.2, 0.25) is 0 Å². The zero-order valence-corrected chi connectivity index (χ0v) is 33.0. The molecule has 2 aromatic carbocycles. The maximum Gasteiger partial charge on any atom is 0.170 e. The van der Waals surface area contributed by atoms with E-state index < -0.39 is 23.0 Å². The van der Waals surface area contributed by atoms with Crippen LogP contribution in [0, 0.1) is 11.8 Å². The first-order chi connectivity index (χ1) is 25.3. The predicted molar refractivity (Wildman–Crippen MR) is 211 cm³/mol. The minimum Gasteiger partial charge on any atom is -0.364 e. The van der Waals surface area contributed by atoms with Gasteiger partial charge in [0.25, 0.3) is 0 Å². The van der Waals surface area contributed by atoms with Crippen molar-refractivity contribution in [2.45, 2.75) is 192 Å². The lowest BCUT2D eigenvalue weighted by atomic mass is 9.64. The first-order valence-corrected chi connectivity index (χ1v) is 21.8. The quantitative estimate of drug-likeness (QED) is 0.0903. The summed E-state index contributed by atoms with van der Waals surface area (Å²) in [4.78, 5) is 29.0. The standard InChI is InChI=1S/C48H66O4/c1-5-7-9-11-13-15-17-19-21-23-25-33-29-35-36(30-34(33)26-24-22-20-18-16-14-12-10-8-6-2)44(50)42-41(43(35)49)45-37-31-39-40(32-38(37)46(42)51-45)48(4)28-27-47(39,3)52-48/h27-32,41-42,45-46H,5-26H2,1-4H3/t41-,42+,45-,46+,47?,48?. The van der Waals surface area contributed by atoms with Crippen molar-refractivity contribution >= 4 is 11.6 Å². The van der Waals surface area contributed by atoms with Gasteiger partial charge in [-0.3, -0.25) is 9.59 Å². The number of ketones is 2. The lowest BCUT2D eigenvalue weighted by molar-refractivity contribution is -0.0496. The summed E-state index contributed by atoms with van der Waals surface area (Å²) in [6.07, 6.45) is 31.9. The molecule has 0 N–H and O–H groups in total. The Kier molecular flexibility index (Phi) is 11.9. The van der Waals surface area contributed by atoms with E-state index in [4.69, 9.17) is 9.47 Å². The molecule has 0 aromatic heterocycles. The van der Waals surface area contributed by atoms with E-state index in [0.29, 0.717) is 11.1 Å². The highest BCUT2D eigenvalue weighted by Crippen LogP contribution is 2.63. The van der Waals surface area contributed by atoms with Gasteiger partial charge in [-0.05, 0) is 109 Å².